The molecular weight excluding hydrogens is 246 g/mol. The molecule has 1 heterocycles. The van der Waals surface area contributed by atoms with Gasteiger partial charge in [-0.25, -0.2) is 0 Å². The Morgan fingerprint density at radius 3 is 2.75 bits per heavy atom. The SMILES string of the molecule is COc1ccc2c(c1)-c1c(cnc3ccccc13)CC2. The molecule has 4 rings (SSSR count). The van der Waals surface area contributed by atoms with Crippen LogP contribution in [0.5, 0.6) is 5.75 Å². The molecule has 3 aromatic rings. The summed E-state index contributed by atoms with van der Waals surface area (Å²) >= 11 is 0. The lowest BCUT2D eigenvalue weighted by Crippen LogP contribution is -2.05. The second kappa shape index (κ2) is 4.34. The molecule has 1 aromatic heterocycles. The number of rotatable bonds is 1. The third kappa shape index (κ3) is 1.61. The fourth-order valence-corrected chi connectivity index (χ4v) is 3.09. The molecule has 0 spiro atoms. The molecule has 0 atom stereocenters. The number of aromatic nitrogens is 1. The van der Waals surface area contributed by atoms with Crippen LogP contribution in [-0.4, -0.2) is 12.1 Å². The van der Waals surface area contributed by atoms with E-state index in [1.807, 2.05) is 18.3 Å². The largest absolute Gasteiger partial charge is 0.497 e. The molecule has 0 fully saturated rings. The van der Waals surface area contributed by atoms with Crippen LogP contribution in [-0.2, 0) is 12.8 Å². The maximum atomic E-state index is 5.39. The third-order valence-corrected chi connectivity index (χ3v) is 4.10. The van der Waals surface area contributed by atoms with Gasteiger partial charge in [0, 0.05) is 11.6 Å². The molecular formula is C18H15NO. The zero-order chi connectivity index (χ0) is 13.5. The number of pyridine rings is 1. The number of benzene rings is 2. The Morgan fingerprint density at radius 2 is 1.85 bits per heavy atom. The molecule has 0 radical (unpaired) electrons. The van der Waals surface area contributed by atoms with Crippen molar-refractivity contribution in [2.45, 2.75) is 12.8 Å². The Bertz CT molecular complexity index is 808. The maximum Gasteiger partial charge on any atom is 0.119 e. The van der Waals surface area contributed by atoms with Crippen LogP contribution in [0.4, 0.5) is 0 Å². The summed E-state index contributed by atoms with van der Waals surface area (Å²) in [6.45, 7) is 0. The summed E-state index contributed by atoms with van der Waals surface area (Å²) in [5.41, 5.74) is 6.42. The Morgan fingerprint density at radius 1 is 1.00 bits per heavy atom. The Balaban J connectivity index is 2.09. The number of aryl methyl sites for hydroxylation is 2. The van der Waals surface area contributed by atoms with Crippen molar-refractivity contribution < 1.29 is 4.74 Å². The molecule has 1 aliphatic carbocycles. The minimum absolute atomic E-state index is 0.914. The van der Waals surface area contributed by atoms with Crippen molar-refractivity contribution in [3.05, 3.63) is 59.8 Å². The smallest absolute Gasteiger partial charge is 0.119 e. The summed E-state index contributed by atoms with van der Waals surface area (Å²) < 4.78 is 5.39. The third-order valence-electron chi connectivity index (χ3n) is 4.10. The van der Waals surface area contributed by atoms with Gasteiger partial charge in [0.2, 0.25) is 0 Å². The van der Waals surface area contributed by atoms with Crippen molar-refractivity contribution in [2.75, 3.05) is 7.11 Å². The number of fused-ring (bicyclic) bond motifs is 5. The molecule has 0 aliphatic heterocycles. The summed E-state index contributed by atoms with van der Waals surface area (Å²) in [7, 11) is 1.72. The highest BCUT2D eigenvalue weighted by Gasteiger charge is 2.19. The minimum Gasteiger partial charge on any atom is -0.497 e. The predicted octanol–water partition coefficient (Wildman–Crippen LogP) is 4.01. The van der Waals surface area contributed by atoms with Crippen LogP contribution in [0.15, 0.2) is 48.7 Å². The highest BCUT2D eigenvalue weighted by atomic mass is 16.5. The van der Waals surface area contributed by atoms with E-state index in [-0.39, 0.29) is 0 Å². The lowest BCUT2D eigenvalue weighted by Gasteiger charge is -2.21. The van der Waals surface area contributed by atoms with E-state index in [1.54, 1.807) is 7.11 Å². The van der Waals surface area contributed by atoms with Crippen LogP contribution in [0.2, 0.25) is 0 Å². The van der Waals surface area contributed by atoms with Crippen LogP contribution in [0.1, 0.15) is 11.1 Å². The van der Waals surface area contributed by atoms with Gasteiger partial charge in [0.05, 0.1) is 12.6 Å². The van der Waals surface area contributed by atoms with E-state index in [4.69, 9.17) is 4.74 Å². The number of nitrogens with zero attached hydrogens (tertiary/aromatic N) is 1. The Labute approximate surface area is 118 Å². The van der Waals surface area contributed by atoms with E-state index >= 15 is 0 Å². The first kappa shape index (κ1) is 11.5. The second-order valence-electron chi connectivity index (χ2n) is 5.20. The first-order valence-corrected chi connectivity index (χ1v) is 6.91. The number of hydrogen-bond donors (Lipinski definition) is 0. The lowest BCUT2D eigenvalue weighted by molar-refractivity contribution is 0.415. The molecule has 0 bridgehead atoms. The molecule has 0 unspecified atom stereocenters. The summed E-state index contributed by atoms with van der Waals surface area (Å²) in [6, 6.07) is 14.7. The highest BCUT2D eigenvalue weighted by Crippen LogP contribution is 2.39. The number of hydrogen-bond acceptors (Lipinski definition) is 2. The molecule has 20 heavy (non-hydrogen) atoms. The molecule has 2 aromatic carbocycles. The molecule has 98 valence electrons. The summed E-state index contributed by atoms with van der Waals surface area (Å²) in [6.07, 6.45) is 4.17. The van der Waals surface area contributed by atoms with Gasteiger partial charge in [-0.3, -0.25) is 4.98 Å². The van der Waals surface area contributed by atoms with E-state index in [9.17, 15) is 0 Å². The van der Waals surface area contributed by atoms with Gasteiger partial charge >= 0.3 is 0 Å². The Kier molecular flexibility index (Phi) is 2.49. The van der Waals surface area contributed by atoms with Crippen LogP contribution in [0, 0.1) is 0 Å². The first-order valence-electron chi connectivity index (χ1n) is 6.91. The van der Waals surface area contributed by atoms with Crippen molar-refractivity contribution in [2.24, 2.45) is 0 Å². The van der Waals surface area contributed by atoms with Gasteiger partial charge in [-0.1, -0.05) is 24.3 Å². The average Bonchev–Trinajstić information content (AvgIpc) is 2.53. The van der Waals surface area contributed by atoms with Crippen LogP contribution < -0.4 is 4.74 Å². The average molecular weight is 261 g/mol. The molecule has 1 aliphatic rings. The van der Waals surface area contributed by atoms with Gasteiger partial charge in [-0.05, 0) is 53.3 Å². The molecule has 0 amide bonds. The van der Waals surface area contributed by atoms with E-state index < -0.39 is 0 Å². The topological polar surface area (TPSA) is 22.1 Å². The molecule has 0 saturated carbocycles. The van der Waals surface area contributed by atoms with Crippen molar-refractivity contribution in [1.29, 1.82) is 0 Å². The monoisotopic (exact) mass is 261 g/mol. The van der Waals surface area contributed by atoms with E-state index in [0.717, 1.165) is 24.1 Å². The lowest BCUT2D eigenvalue weighted by atomic mass is 9.84. The van der Waals surface area contributed by atoms with Gasteiger partial charge in [0.25, 0.3) is 0 Å². The first-order chi connectivity index (χ1) is 9.86. The predicted molar refractivity (Wildman–Crippen MR) is 81.1 cm³/mol. The minimum atomic E-state index is 0.914. The van der Waals surface area contributed by atoms with Gasteiger partial charge in [0.1, 0.15) is 5.75 Å². The van der Waals surface area contributed by atoms with Crippen LogP contribution in [0.25, 0.3) is 22.0 Å². The normalized spacial score (nSPS) is 12.8. The summed E-state index contributed by atoms with van der Waals surface area (Å²) in [5.74, 6) is 0.914. The molecule has 0 saturated heterocycles. The van der Waals surface area contributed by atoms with Crippen molar-refractivity contribution in [3.8, 4) is 16.9 Å². The quantitative estimate of drug-likeness (QED) is 0.660. The molecule has 0 N–H and O–H groups in total. The van der Waals surface area contributed by atoms with E-state index in [0.29, 0.717) is 0 Å². The van der Waals surface area contributed by atoms with Crippen LogP contribution in [0.3, 0.4) is 0 Å². The van der Waals surface area contributed by atoms with Crippen molar-refractivity contribution in [1.82, 2.24) is 4.98 Å². The fourth-order valence-electron chi connectivity index (χ4n) is 3.09. The zero-order valence-corrected chi connectivity index (χ0v) is 11.4. The number of para-hydroxylation sites is 1. The van der Waals surface area contributed by atoms with Gasteiger partial charge in [-0.2, -0.15) is 0 Å². The van der Waals surface area contributed by atoms with Gasteiger partial charge in [0.15, 0.2) is 0 Å². The standard InChI is InChI=1S/C18H15NO/c1-20-14-9-8-12-6-7-13-11-19-17-5-3-2-4-15(17)18(13)16(12)10-14/h2-5,8-11H,6-7H2,1H3. The van der Waals surface area contributed by atoms with Gasteiger partial charge in [-0.15, -0.1) is 0 Å². The number of methoxy groups -OCH3 is 1. The number of ether oxygens (including phenoxy) is 1. The maximum absolute atomic E-state index is 5.39. The Hall–Kier alpha value is -2.35. The van der Waals surface area contributed by atoms with Gasteiger partial charge < -0.3 is 4.74 Å². The fraction of sp³-hybridized carbons (Fsp3) is 0.167. The van der Waals surface area contributed by atoms with Crippen molar-refractivity contribution in [3.63, 3.8) is 0 Å². The second-order valence-corrected chi connectivity index (χ2v) is 5.20. The molecule has 2 heteroatoms. The van der Waals surface area contributed by atoms with E-state index in [2.05, 4.69) is 35.3 Å². The van der Waals surface area contributed by atoms with E-state index in [1.165, 1.54) is 27.6 Å². The summed E-state index contributed by atoms with van der Waals surface area (Å²) in [5, 5.41) is 1.24. The zero-order valence-electron chi connectivity index (χ0n) is 11.4. The van der Waals surface area contributed by atoms with Crippen LogP contribution >= 0.6 is 0 Å². The highest BCUT2D eigenvalue weighted by molar-refractivity contribution is 5.97. The van der Waals surface area contributed by atoms with Crippen molar-refractivity contribution >= 4 is 10.9 Å². The molecule has 2 nitrogen and oxygen atoms in total. The summed E-state index contributed by atoms with van der Waals surface area (Å²) in [4.78, 5) is 4.58.